The zero-order valence-electron chi connectivity index (χ0n) is 17.5. The molecular weight excluding hydrogens is 370 g/mol. The van der Waals surface area contributed by atoms with E-state index in [1.54, 1.807) is 27.7 Å². The lowest BCUT2D eigenvalue weighted by molar-refractivity contribution is 0.0533. The van der Waals surface area contributed by atoms with Crippen LogP contribution in [0.3, 0.4) is 0 Å². The van der Waals surface area contributed by atoms with Gasteiger partial charge in [-0.1, -0.05) is 29.7 Å². The van der Waals surface area contributed by atoms with Gasteiger partial charge in [-0.3, -0.25) is 0 Å². The van der Waals surface area contributed by atoms with Crippen LogP contribution in [-0.4, -0.2) is 41.3 Å². The van der Waals surface area contributed by atoms with Crippen molar-refractivity contribution in [3.05, 3.63) is 46.9 Å². The molecule has 0 aliphatic rings. The van der Waals surface area contributed by atoms with Crippen LogP contribution in [0.15, 0.2) is 24.3 Å². The fourth-order valence-electron chi connectivity index (χ4n) is 2.53. The van der Waals surface area contributed by atoms with Crippen LogP contribution in [0.25, 0.3) is 11.3 Å². The van der Waals surface area contributed by atoms with Crippen molar-refractivity contribution in [3.8, 4) is 23.1 Å². The van der Waals surface area contributed by atoms with Gasteiger partial charge in [0.25, 0.3) is 0 Å². The average molecular weight is 395 g/mol. The summed E-state index contributed by atoms with van der Waals surface area (Å²) in [5, 5.41) is 2.55. The maximum Gasteiger partial charge on any atom is 0.408 e. The number of rotatable bonds is 3. The summed E-state index contributed by atoms with van der Waals surface area (Å²) in [5.41, 5.74) is 2.44. The van der Waals surface area contributed by atoms with Crippen molar-refractivity contribution in [3.63, 3.8) is 0 Å². The van der Waals surface area contributed by atoms with Crippen LogP contribution in [0.1, 0.15) is 48.2 Å². The molecule has 0 fully saturated rings. The van der Waals surface area contributed by atoms with Crippen molar-refractivity contribution in [1.29, 1.82) is 0 Å². The van der Waals surface area contributed by atoms with Crippen molar-refractivity contribution >= 4 is 12.1 Å². The Morgan fingerprint density at radius 1 is 1.17 bits per heavy atom. The Labute approximate surface area is 170 Å². The van der Waals surface area contributed by atoms with E-state index in [2.05, 4.69) is 27.1 Å². The molecule has 29 heavy (non-hydrogen) atoms. The molecule has 0 saturated heterocycles. The summed E-state index contributed by atoms with van der Waals surface area (Å²) in [7, 11) is 1.32. The molecule has 1 N–H and O–H groups in total. The van der Waals surface area contributed by atoms with Gasteiger partial charge >= 0.3 is 12.1 Å². The lowest BCUT2D eigenvalue weighted by Crippen LogP contribution is -2.32. The predicted molar refractivity (Wildman–Crippen MR) is 109 cm³/mol. The molecule has 0 spiro atoms. The van der Waals surface area contributed by atoms with Gasteiger partial charge in [-0.2, -0.15) is 0 Å². The average Bonchev–Trinajstić information content (AvgIpc) is 2.62. The van der Waals surface area contributed by atoms with Crippen LogP contribution in [0.2, 0.25) is 0 Å². The Kier molecular flexibility index (Phi) is 6.94. The van der Waals surface area contributed by atoms with E-state index in [0.717, 1.165) is 11.1 Å². The van der Waals surface area contributed by atoms with Crippen molar-refractivity contribution < 1.29 is 19.1 Å². The quantitative estimate of drug-likeness (QED) is 0.633. The molecular formula is C22H25N3O4. The van der Waals surface area contributed by atoms with Crippen molar-refractivity contribution in [2.75, 3.05) is 13.7 Å². The minimum Gasteiger partial charge on any atom is -0.465 e. The minimum absolute atomic E-state index is 0.0792. The zero-order valence-corrected chi connectivity index (χ0v) is 17.5. The van der Waals surface area contributed by atoms with Gasteiger partial charge in [0.1, 0.15) is 11.2 Å². The molecule has 0 radical (unpaired) electrons. The predicted octanol–water partition coefficient (Wildman–Crippen LogP) is 3.42. The van der Waals surface area contributed by atoms with Crippen molar-refractivity contribution in [2.45, 2.75) is 40.2 Å². The first kappa shape index (κ1) is 21.9. The summed E-state index contributed by atoms with van der Waals surface area (Å²) < 4.78 is 10.0. The fourth-order valence-corrected chi connectivity index (χ4v) is 2.53. The van der Waals surface area contributed by atoms with Crippen LogP contribution in [0, 0.1) is 25.7 Å². The fraction of sp³-hybridized carbons (Fsp3) is 0.364. The first-order chi connectivity index (χ1) is 13.6. The van der Waals surface area contributed by atoms with Crippen molar-refractivity contribution in [2.24, 2.45) is 0 Å². The molecule has 0 bridgehead atoms. The van der Waals surface area contributed by atoms with E-state index in [-0.39, 0.29) is 12.4 Å². The Hall–Kier alpha value is -3.40. The highest BCUT2D eigenvalue weighted by molar-refractivity contribution is 5.97. The number of nitrogens with zero attached hydrogens (tertiary/aromatic N) is 2. The molecule has 0 atom stereocenters. The number of carbonyl (C=O) groups excluding carboxylic acids is 2. The highest BCUT2D eigenvalue weighted by Crippen LogP contribution is 2.25. The first-order valence-corrected chi connectivity index (χ1v) is 9.10. The molecule has 7 heteroatoms. The van der Waals surface area contributed by atoms with E-state index < -0.39 is 17.7 Å². The number of alkyl carbamates (subject to hydrolysis) is 1. The molecule has 0 aliphatic heterocycles. The standard InChI is InChI=1S/C22H25N3O4/c1-14-9-7-10-16(13-14)19-18(20(26)28-6)15(2)24-17(25-19)11-8-12-23-21(27)29-22(3,4)5/h7,9-10,13H,12H2,1-6H3,(H,23,27). The van der Waals surface area contributed by atoms with Crippen LogP contribution >= 0.6 is 0 Å². The van der Waals surface area contributed by atoms with E-state index in [4.69, 9.17) is 9.47 Å². The van der Waals surface area contributed by atoms with Gasteiger partial charge in [-0.25, -0.2) is 19.6 Å². The highest BCUT2D eigenvalue weighted by Gasteiger charge is 2.20. The largest absolute Gasteiger partial charge is 0.465 e. The molecule has 0 saturated carbocycles. The molecule has 0 unspecified atom stereocenters. The molecule has 2 rings (SSSR count). The van der Waals surface area contributed by atoms with Gasteiger partial charge in [-0.05, 0) is 46.6 Å². The van der Waals surface area contributed by atoms with E-state index in [9.17, 15) is 9.59 Å². The lowest BCUT2D eigenvalue weighted by Gasteiger charge is -2.19. The van der Waals surface area contributed by atoms with E-state index in [1.165, 1.54) is 7.11 Å². The van der Waals surface area contributed by atoms with Crippen LogP contribution in [0.5, 0.6) is 0 Å². The zero-order chi connectivity index (χ0) is 21.6. The number of esters is 1. The number of nitrogens with one attached hydrogen (secondary N) is 1. The van der Waals surface area contributed by atoms with Crippen LogP contribution in [0.4, 0.5) is 4.79 Å². The summed E-state index contributed by atoms with van der Waals surface area (Å²) in [4.78, 5) is 32.7. The maximum atomic E-state index is 12.3. The van der Waals surface area contributed by atoms with E-state index in [0.29, 0.717) is 17.0 Å². The Morgan fingerprint density at radius 2 is 1.90 bits per heavy atom. The third kappa shape index (κ3) is 6.32. The number of hydrogen-bond acceptors (Lipinski definition) is 6. The number of amides is 1. The number of aromatic nitrogens is 2. The second-order valence-corrected chi connectivity index (χ2v) is 7.37. The molecule has 2 aromatic rings. The topological polar surface area (TPSA) is 90.4 Å². The normalized spacial score (nSPS) is 10.6. The summed E-state index contributed by atoms with van der Waals surface area (Å²) in [6.07, 6.45) is -0.551. The highest BCUT2D eigenvalue weighted by atomic mass is 16.6. The van der Waals surface area contributed by atoms with Crippen LogP contribution < -0.4 is 5.32 Å². The summed E-state index contributed by atoms with van der Waals surface area (Å²) in [6.45, 7) is 9.09. The van der Waals surface area contributed by atoms with Crippen molar-refractivity contribution in [1.82, 2.24) is 15.3 Å². The maximum absolute atomic E-state index is 12.3. The first-order valence-electron chi connectivity index (χ1n) is 9.10. The van der Waals surface area contributed by atoms with Gasteiger partial charge in [0.15, 0.2) is 0 Å². The number of ether oxygens (including phenoxy) is 2. The second-order valence-electron chi connectivity index (χ2n) is 7.37. The molecule has 7 nitrogen and oxygen atoms in total. The molecule has 0 aliphatic carbocycles. The number of methoxy groups -OCH3 is 1. The van der Waals surface area contributed by atoms with E-state index in [1.807, 2.05) is 31.2 Å². The Balaban J connectivity index is 2.32. The minimum atomic E-state index is -0.579. The second kappa shape index (κ2) is 9.20. The van der Waals surface area contributed by atoms with Gasteiger partial charge in [0.2, 0.25) is 5.82 Å². The molecule has 1 aromatic carbocycles. The number of carbonyl (C=O) groups is 2. The van der Waals surface area contributed by atoms with Gasteiger partial charge in [0.05, 0.1) is 25.0 Å². The summed E-state index contributed by atoms with van der Waals surface area (Å²) in [5.74, 6) is 5.35. The van der Waals surface area contributed by atoms with E-state index >= 15 is 0 Å². The third-order valence-electron chi connectivity index (χ3n) is 3.69. The third-order valence-corrected chi connectivity index (χ3v) is 3.69. The number of aryl methyl sites for hydroxylation is 2. The Bertz CT molecular complexity index is 982. The molecule has 1 aromatic heterocycles. The van der Waals surface area contributed by atoms with Gasteiger partial charge < -0.3 is 14.8 Å². The molecule has 152 valence electrons. The molecule has 1 heterocycles. The summed E-state index contributed by atoms with van der Waals surface area (Å²) in [6, 6.07) is 7.63. The number of hydrogen-bond donors (Lipinski definition) is 1. The van der Waals surface area contributed by atoms with Gasteiger partial charge in [-0.15, -0.1) is 0 Å². The molecule has 1 amide bonds. The van der Waals surface area contributed by atoms with Gasteiger partial charge in [0, 0.05) is 5.56 Å². The lowest BCUT2D eigenvalue weighted by atomic mass is 10.0. The SMILES string of the molecule is COC(=O)c1c(C)nc(C#CCNC(=O)OC(C)(C)C)nc1-c1cccc(C)c1. The monoisotopic (exact) mass is 395 g/mol. The van der Waals surface area contributed by atoms with Crippen LogP contribution in [-0.2, 0) is 9.47 Å². The number of benzene rings is 1. The smallest absolute Gasteiger partial charge is 0.408 e. The summed E-state index contributed by atoms with van der Waals surface area (Å²) >= 11 is 0. The Morgan fingerprint density at radius 3 is 2.52 bits per heavy atom.